The standard InChI is InChI=1S/C35H39Cl5O13/c1-17-11-12-33(46)18(2)23(17)24(51-30(45)49-16-35(38,39)40)26(42)32(5)21(50-29(44)48-14-31(4,36)37)13-22-34(15-47-22,53-19(3)41)25(32)27(33)52-28(43)20-9-7-6-8-10-20/h6-10,18,21-22,24-25,27,46H,11-16H2,1-5H3/t18-,21+,22-,24-,25?,27+,32-,33+,34+/m1/s1. The van der Waals surface area contributed by atoms with E-state index in [1.807, 2.05) is 0 Å². The number of rotatable bonds is 8. The molecule has 1 saturated heterocycles. The highest BCUT2D eigenvalue weighted by atomic mass is 35.6. The van der Waals surface area contributed by atoms with Crippen molar-refractivity contribution < 1.29 is 62.2 Å². The fourth-order valence-corrected chi connectivity index (χ4v) is 8.41. The number of Topliss-reactive ketones (excluding diaryl/α,β-unsaturated/α-hetero) is 1. The summed E-state index contributed by atoms with van der Waals surface area (Å²) in [5.41, 5.74) is -4.94. The zero-order valence-corrected chi connectivity index (χ0v) is 33.1. The number of alkyl halides is 5. The number of hydrogen-bond acceptors (Lipinski definition) is 13. The van der Waals surface area contributed by atoms with E-state index in [1.54, 1.807) is 32.0 Å². The Morgan fingerprint density at radius 2 is 1.60 bits per heavy atom. The summed E-state index contributed by atoms with van der Waals surface area (Å²) in [6, 6.07) is 7.95. The molecule has 0 spiro atoms. The van der Waals surface area contributed by atoms with Gasteiger partial charge in [-0.1, -0.05) is 88.7 Å². The van der Waals surface area contributed by atoms with Gasteiger partial charge in [-0.2, -0.15) is 0 Å². The quantitative estimate of drug-likeness (QED) is 0.129. The number of esters is 2. The maximum Gasteiger partial charge on any atom is 0.509 e. The Morgan fingerprint density at radius 3 is 2.17 bits per heavy atom. The first-order chi connectivity index (χ1) is 24.5. The van der Waals surface area contributed by atoms with E-state index in [0.717, 1.165) is 6.92 Å². The van der Waals surface area contributed by atoms with Crippen LogP contribution in [0.1, 0.15) is 64.2 Å². The van der Waals surface area contributed by atoms with Gasteiger partial charge >= 0.3 is 24.2 Å². The van der Waals surface area contributed by atoms with Gasteiger partial charge in [-0.25, -0.2) is 14.4 Å². The molecule has 0 aromatic heterocycles. The molecule has 3 aliphatic carbocycles. The van der Waals surface area contributed by atoms with Gasteiger partial charge in [-0.05, 0) is 51.3 Å². The van der Waals surface area contributed by atoms with Crippen LogP contribution in [0, 0.1) is 17.3 Å². The highest BCUT2D eigenvalue weighted by molar-refractivity contribution is 6.67. The Labute approximate surface area is 330 Å². The van der Waals surface area contributed by atoms with Crippen LogP contribution < -0.4 is 0 Å². The Balaban J connectivity index is 1.74. The van der Waals surface area contributed by atoms with Crippen LogP contribution in [0.15, 0.2) is 41.5 Å². The van der Waals surface area contributed by atoms with E-state index >= 15 is 4.79 Å². The van der Waals surface area contributed by atoms with E-state index in [0.29, 0.717) is 5.57 Å². The van der Waals surface area contributed by atoms with Gasteiger partial charge in [-0.3, -0.25) is 9.59 Å². The molecule has 2 bridgehead atoms. The van der Waals surface area contributed by atoms with Crippen molar-refractivity contribution in [2.45, 2.75) is 97.6 Å². The number of ether oxygens (including phenoxy) is 7. The molecule has 2 saturated carbocycles. The predicted molar refractivity (Wildman–Crippen MR) is 190 cm³/mol. The third kappa shape index (κ3) is 8.22. The van der Waals surface area contributed by atoms with E-state index < -0.39 is 104 Å². The molecular weight excluding hydrogens is 806 g/mol. The van der Waals surface area contributed by atoms with Crippen molar-refractivity contribution in [2.75, 3.05) is 19.8 Å². The maximum atomic E-state index is 15.5. The fourth-order valence-electron chi connectivity index (χ4n) is 8.14. The van der Waals surface area contributed by atoms with Crippen molar-refractivity contribution in [3.05, 3.63) is 47.0 Å². The largest absolute Gasteiger partial charge is 0.509 e. The Morgan fingerprint density at radius 1 is 0.981 bits per heavy atom. The highest BCUT2D eigenvalue weighted by Gasteiger charge is 2.77. The van der Waals surface area contributed by atoms with Gasteiger partial charge in [0, 0.05) is 19.3 Å². The minimum Gasteiger partial charge on any atom is -0.455 e. The van der Waals surface area contributed by atoms with E-state index in [1.165, 1.54) is 26.0 Å². The number of hydrogen-bond donors (Lipinski definition) is 1. The van der Waals surface area contributed by atoms with Crippen molar-refractivity contribution in [2.24, 2.45) is 17.3 Å². The number of carbonyl (C=O) groups is 5. The lowest BCUT2D eigenvalue weighted by molar-refractivity contribution is -0.342. The van der Waals surface area contributed by atoms with Gasteiger partial charge in [0.1, 0.15) is 41.5 Å². The molecule has 1 heterocycles. The first-order valence-electron chi connectivity index (χ1n) is 16.7. The summed E-state index contributed by atoms with van der Waals surface area (Å²) in [6.07, 6.45) is -8.72. The van der Waals surface area contributed by atoms with Crippen molar-refractivity contribution in [3.63, 3.8) is 0 Å². The van der Waals surface area contributed by atoms with Gasteiger partial charge in [0.25, 0.3) is 0 Å². The van der Waals surface area contributed by atoms with Gasteiger partial charge in [0.05, 0.1) is 23.5 Å². The minimum absolute atomic E-state index is 0.0132. The number of carbonyl (C=O) groups excluding carboxylic acids is 5. The zero-order valence-electron chi connectivity index (χ0n) is 29.3. The molecular formula is C35H39Cl5O13. The van der Waals surface area contributed by atoms with E-state index in [-0.39, 0.29) is 37.0 Å². The van der Waals surface area contributed by atoms with Crippen molar-refractivity contribution in [1.82, 2.24) is 0 Å². The highest BCUT2D eigenvalue weighted by Crippen LogP contribution is 2.62. The second-order valence-electron chi connectivity index (χ2n) is 14.2. The number of allylic oxidation sites excluding steroid dienone is 1. The Bertz CT molecular complexity index is 1660. The van der Waals surface area contributed by atoms with Crippen LogP contribution in [-0.2, 0) is 42.7 Å². The lowest BCUT2D eigenvalue weighted by atomic mass is 9.47. The molecule has 13 nitrogen and oxygen atoms in total. The summed E-state index contributed by atoms with van der Waals surface area (Å²) in [4.78, 5) is 68.8. The average molecular weight is 845 g/mol. The lowest BCUT2D eigenvalue weighted by Gasteiger charge is -2.66. The summed E-state index contributed by atoms with van der Waals surface area (Å²) in [5.74, 6) is -5.02. The Kier molecular flexibility index (Phi) is 11.9. The van der Waals surface area contributed by atoms with Crippen LogP contribution in [0.4, 0.5) is 9.59 Å². The van der Waals surface area contributed by atoms with Crippen LogP contribution in [0.3, 0.4) is 0 Å². The van der Waals surface area contributed by atoms with Crippen molar-refractivity contribution >= 4 is 88.0 Å². The zero-order chi connectivity index (χ0) is 39.3. The molecule has 18 heteroatoms. The van der Waals surface area contributed by atoms with Gasteiger partial charge < -0.3 is 38.3 Å². The van der Waals surface area contributed by atoms with Crippen molar-refractivity contribution in [1.29, 1.82) is 0 Å². The van der Waals surface area contributed by atoms with Gasteiger partial charge in [0.2, 0.25) is 3.79 Å². The molecule has 0 radical (unpaired) electrons. The molecule has 0 amide bonds. The SMILES string of the molecule is CC(=O)O[C@@]12CO[C@@H]1C[C@H](OC(=O)OCC(C)(Cl)Cl)[C@@]1(C)C(=O)[C@H](OC(=O)OCC(Cl)(Cl)Cl)C3=C(C)CC[C@](O)([C@@H]3C)[C@@H](OC(=O)c3ccccc3)C12. The molecule has 1 aromatic rings. The van der Waals surface area contributed by atoms with Gasteiger partial charge in [0.15, 0.2) is 17.5 Å². The number of fused-ring (bicyclic) bond motifs is 5. The van der Waals surface area contributed by atoms with Crippen LogP contribution in [0.25, 0.3) is 0 Å². The lowest BCUT2D eigenvalue weighted by Crippen LogP contribution is -2.81. The first-order valence-corrected chi connectivity index (χ1v) is 18.6. The molecule has 4 aliphatic rings. The second-order valence-corrected chi connectivity index (χ2v) is 18.6. The molecule has 53 heavy (non-hydrogen) atoms. The van der Waals surface area contributed by atoms with Gasteiger partial charge in [-0.15, -0.1) is 0 Å². The predicted octanol–water partition coefficient (Wildman–Crippen LogP) is 6.61. The molecule has 1 N–H and O–H groups in total. The molecule has 1 aromatic carbocycles. The van der Waals surface area contributed by atoms with Crippen LogP contribution >= 0.6 is 58.0 Å². The van der Waals surface area contributed by atoms with Crippen molar-refractivity contribution in [3.8, 4) is 0 Å². The molecule has 292 valence electrons. The summed E-state index contributed by atoms with van der Waals surface area (Å²) in [6.45, 7) is 5.68. The average Bonchev–Trinajstić information content (AvgIpc) is 3.06. The summed E-state index contributed by atoms with van der Waals surface area (Å²) >= 11 is 29.4. The summed E-state index contributed by atoms with van der Waals surface area (Å²) in [5, 5.41) is 13.0. The monoisotopic (exact) mass is 842 g/mol. The number of ketones is 1. The topological polar surface area (TPSA) is 170 Å². The van der Waals surface area contributed by atoms with Crippen LogP contribution in [-0.4, -0.2) is 98.7 Å². The molecule has 9 atom stereocenters. The van der Waals surface area contributed by atoms with Crippen LogP contribution in [0.2, 0.25) is 0 Å². The smallest absolute Gasteiger partial charge is 0.455 e. The second kappa shape index (κ2) is 15.2. The maximum absolute atomic E-state index is 15.5. The molecule has 1 aliphatic heterocycles. The number of benzene rings is 1. The normalized spacial score (nSPS) is 33.8. The first kappa shape index (κ1) is 41.6. The summed E-state index contributed by atoms with van der Waals surface area (Å²) in [7, 11) is 0. The summed E-state index contributed by atoms with van der Waals surface area (Å²) < 4.78 is 36.5. The van der Waals surface area contributed by atoms with E-state index in [9.17, 15) is 24.3 Å². The minimum atomic E-state index is -2.10. The third-order valence-corrected chi connectivity index (χ3v) is 11.2. The molecule has 5 rings (SSSR count). The Hall–Kier alpha value is -2.52. The third-order valence-electron chi connectivity index (χ3n) is 10.6. The molecule has 1 unspecified atom stereocenters. The number of aliphatic hydroxyl groups is 1. The van der Waals surface area contributed by atoms with Crippen LogP contribution in [0.5, 0.6) is 0 Å². The number of halogens is 5. The van der Waals surface area contributed by atoms with E-state index in [4.69, 9.17) is 91.2 Å². The van der Waals surface area contributed by atoms with E-state index in [2.05, 4.69) is 0 Å². The molecule has 3 fully saturated rings. The fraction of sp³-hybridized carbons (Fsp3) is 0.629.